The summed E-state index contributed by atoms with van der Waals surface area (Å²) in [5.41, 5.74) is 3.74. The maximum Gasteiger partial charge on any atom is 0.251 e. The Balaban J connectivity index is 2.87. The largest absolute Gasteiger partial charge is 0.383 e. The van der Waals surface area contributed by atoms with E-state index in [0.29, 0.717) is 0 Å². The zero-order chi connectivity index (χ0) is 15.5. The zero-order valence-electron chi connectivity index (χ0n) is 11.5. The van der Waals surface area contributed by atoms with Gasteiger partial charge in [0.05, 0.1) is 5.41 Å². The van der Waals surface area contributed by atoms with Gasteiger partial charge in [0.15, 0.2) is 0 Å². The van der Waals surface area contributed by atoms with Crippen LogP contribution in [0.4, 0.5) is 14.5 Å². The van der Waals surface area contributed by atoms with E-state index in [-0.39, 0.29) is 17.8 Å². The quantitative estimate of drug-likeness (QED) is 0.761. The van der Waals surface area contributed by atoms with Crippen molar-refractivity contribution in [2.75, 3.05) is 18.9 Å². The number of primary amides is 1. The first kappa shape index (κ1) is 15.9. The lowest BCUT2D eigenvalue weighted by Gasteiger charge is -2.20. The molecule has 4 N–H and O–H groups in total. The van der Waals surface area contributed by atoms with Gasteiger partial charge < -0.3 is 16.4 Å². The summed E-state index contributed by atoms with van der Waals surface area (Å²) in [4.78, 5) is 22.9. The topological polar surface area (TPSA) is 84.2 Å². The van der Waals surface area contributed by atoms with Crippen molar-refractivity contribution < 1.29 is 18.4 Å². The zero-order valence-corrected chi connectivity index (χ0v) is 11.5. The van der Waals surface area contributed by atoms with E-state index >= 15 is 0 Å². The standard InChI is InChI=1S/C13H17F2N3O2/c1-13(2,12(16)20)6-18-11(19)7-4-8(14)10(17-3)9(15)5-7/h4-5,17H,6H2,1-3H3,(H2,16,20)(H,18,19). The van der Waals surface area contributed by atoms with Crippen molar-refractivity contribution in [2.45, 2.75) is 13.8 Å². The van der Waals surface area contributed by atoms with Gasteiger partial charge in [-0.05, 0) is 26.0 Å². The minimum atomic E-state index is -0.947. The molecule has 0 unspecified atom stereocenters. The van der Waals surface area contributed by atoms with Gasteiger partial charge in [-0.25, -0.2) is 8.78 Å². The first-order valence-corrected chi connectivity index (χ1v) is 5.94. The van der Waals surface area contributed by atoms with Crippen molar-refractivity contribution >= 4 is 17.5 Å². The van der Waals surface area contributed by atoms with E-state index in [1.807, 2.05) is 0 Å². The number of hydrogen-bond donors (Lipinski definition) is 3. The van der Waals surface area contributed by atoms with Crippen molar-refractivity contribution in [1.82, 2.24) is 5.32 Å². The highest BCUT2D eigenvalue weighted by Gasteiger charge is 2.26. The highest BCUT2D eigenvalue weighted by Crippen LogP contribution is 2.20. The highest BCUT2D eigenvalue weighted by molar-refractivity contribution is 5.95. The molecule has 0 aliphatic rings. The number of nitrogens with two attached hydrogens (primary N) is 1. The van der Waals surface area contributed by atoms with Gasteiger partial charge in [-0.2, -0.15) is 0 Å². The Labute approximate surface area is 115 Å². The molecule has 20 heavy (non-hydrogen) atoms. The third-order valence-corrected chi connectivity index (χ3v) is 2.91. The molecule has 0 spiro atoms. The average Bonchev–Trinajstić information content (AvgIpc) is 2.35. The second-order valence-corrected chi connectivity index (χ2v) is 5.00. The predicted octanol–water partition coefficient (Wildman–Crippen LogP) is 1.25. The minimum absolute atomic E-state index is 0.0296. The smallest absolute Gasteiger partial charge is 0.251 e. The Hall–Kier alpha value is -2.18. The van der Waals surface area contributed by atoms with Crippen LogP contribution < -0.4 is 16.4 Å². The molecule has 0 aliphatic heterocycles. The van der Waals surface area contributed by atoms with Gasteiger partial charge in [-0.15, -0.1) is 0 Å². The fourth-order valence-electron chi connectivity index (χ4n) is 1.43. The van der Waals surface area contributed by atoms with Crippen molar-refractivity contribution in [3.05, 3.63) is 29.3 Å². The van der Waals surface area contributed by atoms with Gasteiger partial charge in [0.2, 0.25) is 5.91 Å². The van der Waals surface area contributed by atoms with E-state index in [1.54, 1.807) is 13.8 Å². The fourth-order valence-corrected chi connectivity index (χ4v) is 1.43. The summed E-state index contributed by atoms with van der Waals surface area (Å²) in [6, 6.07) is 1.84. The molecule has 110 valence electrons. The van der Waals surface area contributed by atoms with E-state index in [0.717, 1.165) is 12.1 Å². The molecule has 1 rings (SSSR count). The summed E-state index contributed by atoms with van der Waals surface area (Å²) in [5.74, 6) is -3.00. The molecule has 2 amide bonds. The number of carbonyl (C=O) groups excluding carboxylic acids is 2. The number of carbonyl (C=O) groups is 2. The number of rotatable bonds is 5. The molecule has 5 nitrogen and oxygen atoms in total. The van der Waals surface area contributed by atoms with Gasteiger partial charge in [0, 0.05) is 19.2 Å². The number of benzene rings is 1. The van der Waals surface area contributed by atoms with Crippen molar-refractivity contribution in [3.8, 4) is 0 Å². The third-order valence-electron chi connectivity index (χ3n) is 2.91. The normalized spacial score (nSPS) is 11.1. The summed E-state index contributed by atoms with van der Waals surface area (Å²) in [6.45, 7) is 3.08. The van der Waals surface area contributed by atoms with E-state index in [4.69, 9.17) is 5.73 Å². The number of nitrogens with one attached hydrogen (secondary N) is 2. The summed E-state index contributed by atoms with van der Waals surface area (Å²) in [7, 11) is 1.37. The summed E-state index contributed by atoms with van der Waals surface area (Å²) >= 11 is 0. The van der Waals surface area contributed by atoms with Crippen molar-refractivity contribution in [1.29, 1.82) is 0 Å². The highest BCUT2D eigenvalue weighted by atomic mass is 19.1. The van der Waals surface area contributed by atoms with Crippen LogP contribution in [0.5, 0.6) is 0 Å². The third kappa shape index (κ3) is 3.43. The molecule has 0 fully saturated rings. The Morgan fingerprint density at radius 3 is 2.15 bits per heavy atom. The SMILES string of the molecule is CNc1c(F)cc(C(=O)NCC(C)(C)C(N)=O)cc1F. The molecule has 0 radical (unpaired) electrons. The van der Waals surface area contributed by atoms with Crippen LogP contribution in [0.2, 0.25) is 0 Å². The molecule has 1 aromatic carbocycles. The van der Waals surface area contributed by atoms with Gasteiger partial charge >= 0.3 is 0 Å². The van der Waals surface area contributed by atoms with Gasteiger partial charge in [0.25, 0.3) is 5.91 Å². The lowest BCUT2D eigenvalue weighted by molar-refractivity contribution is -0.125. The van der Waals surface area contributed by atoms with Crippen LogP contribution in [0.3, 0.4) is 0 Å². The molecular formula is C13H17F2N3O2. The molecular weight excluding hydrogens is 268 g/mol. The summed E-state index contributed by atoms with van der Waals surface area (Å²) in [6.07, 6.45) is 0. The summed E-state index contributed by atoms with van der Waals surface area (Å²) < 4.78 is 27.0. The Kier molecular flexibility index (Phi) is 4.65. The van der Waals surface area contributed by atoms with E-state index in [2.05, 4.69) is 10.6 Å². The summed E-state index contributed by atoms with van der Waals surface area (Å²) in [5, 5.41) is 4.78. The van der Waals surface area contributed by atoms with Crippen LogP contribution in [-0.4, -0.2) is 25.4 Å². The van der Waals surface area contributed by atoms with Crippen LogP contribution >= 0.6 is 0 Å². The number of hydrogen-bond acceptors (Lipinski definition) is 3. The predicted molar refractivity (Wildman–Crippen MR) is 71.2 cm³/mol. The minimum Gasteiger partial charge on any atom is -0.383 e. The molecule has 7 heteroatoms. The number of anilines is 1. The molecule has 0 aliphatic carbocycles. The van der Waals surface area contributed by atoms with Gasteiger partial charge in [-0.3, -0.25) is 9.59 Å². The van der Waals surface area contributed by atoms with E-state index < -0.39 is 28.9 Å². The monoisotopic (exact) mass is 285 g/mol. The van der Waals surface area contributed by atoms with Crippen molar-refractivity contribution in [3.63, 3.8) is 0 Å². The number of halogens is 2. The fraction of sp³-hybridized carbons (Fsp3) is 0.385. The Bertz CT molecular complexity index is 521. The molecule has 0 atom stereocenters. The van der Waals surface area contributed by atoms with Gasteiger partial charge in [0.1, 0.15) is 17.3 Å². The van der Waals surface area contributed by atoms with E-state index in [9.17, 15) is 18.4 Å². The van der Waals surface area contributed by atoms with Crippen LogP contribution in [0.1, 0.15) is 24.2 Å². The molecule has 0 aromatic heterocycles. The van der Waals surface area contributed by atoms with Crippen LogP contribution in [-0.2, 0) is 4.79 Å². The lowest BCUT2D eigenvalue weighted by atomic mass is 9.92. The first-order valence-electron chi connectivity index (χ1n) is 5.94. The maximum absolute atomic E-state index is 13.5. The Morgan fingerprint density at radius 2 is 1.75 bits per heavy atom. The maximum atomic E-state index is 13.5. The first-order chi connectivity index (χ1) is 9.19. The average molecular weight is 285 g/mol. The molecule has 1 aromatic rings. The number of amides is 2. The second kappa shape index (κ2) is 5.85. The van der Waals surface area contributed by atoms with Gasteiger partial charge in [-0.1, -0.05) is 0 Å². The second-order valence-electron chi connectivity index (χ2n) is 5.00. The van der Waals surface area contributed by atoms with Crippen LogP contribution in [0.25, 0.3) is 0 Å². The van der Waals surface area contributed by atoms with E-state index in [1.165, 1.54) is 7.05 Å². The Morgan fingerprint density at radius 1 is 1.25 bits per heavy atom. The van der Waals surface area contributed by atoms with Crippen LogP contribution in [0.15, 0.2) is 12.1 Å². The molecule has 0 saturated heterocycles. The molecule has 0 bridgehead atoms. The van der Waals surface area contributed by atoms with Crippen molar-refractivity contribution in [2.24, 2.45) is 11.1 Å². The molecule has 0 saturated carbocycles. The lowest BCUT2D eigenvalue weighted by Crippen LogP contribution is -2.42. The molecule has 0 heterocycles. The van der Waals surface area contributed by atoms with Crippen LogP contribution in [0, 0.1) is 17.0 Å².